The molecule has 0 fully saturated rings. The quantitative estimate of drug-likeness (QED) is 0.572. The highest BCUT2D eigenvalue weighted by Crippen LogP contribution is 2.62. The second-order valence-corrected chi connectivity index (χ2v) is 9.21. The van der Waals surface area contributed by atoms with E-state index in [1.54, 1.807) is 0 Å². The summed E-state index contributed by atoms with van der Waals surface area (Å²) < 4.78 is 0.144. The molecule has 0 unspecified atom stereocenters. The van der Waals surface area contributed by atoms with E-state index in [9.17, 15) is 0 Å². The van der Waals surface area contributed by atoms with Crippen LogP contribution in [-0.4, -0.2) is 4.32 Å². The maximum absolute atomic E-state index is 3.93. The van der Waals surface area contributed by atoms with Gasteiger partial charge < -0.3 is 0 Å². The van der Waals surface area contributed by atoms with Gasteiger partial charge in [-0.15, -0.1) is 0 Å². The van der Waals surface area contributed by atoms with Gasteiger partial charge in [0.15, 0.2) is 0 Å². The second kappa shape index (κ2) is 4.05. The highest BCUT2D eigenvalue weighted by molar-refractivity contribution is 9.10. The van der Waals surface area contributed by atoms with Crippen LogP contribution in [0.15, 0.2) is 0 Å². The molecule has 0 N–H and O–H groups in total. The van der Waals surface area contributed by atoms with Crippen LogP contribution in [-0.2, 0) is 0 Å². The molecule has 0 amide bonds. The van der Waals surface area contributed by atoms with E-state index in [0.29, 0.717) is 0 Å². The third kappa shape index (κ3) is 2.43. The molecule has 0 rings (SSSR count). The van der Waals surface area contributed by atoms with Crippen LogP contribution in [0.25, 0.3) is 0 Å². The van der Waals surface area contributed by atoms with Gasteiger partial charge >= 0.3 is 0 Å². The maximum atomic E-state index is 3.93. The Labute approximate surface area is 105 Å². The van der Waals surface area contributed by atoms with Crippen LogP contribution in [0.1, 0.15) is 68.7 Å². The average molecular weight is 277 g/mol. The Hall–Kier alpha value is 0.480. The fourth-order valence-electron chi connectivity index (χ4n) is 4.39. The van der Waals surface area contributed by atoms with Crippen LogP contribution in [0.4, 0.5) is 0 Å². The Morgan fingerprint density at radius 2 is 1.00 bits per heavy atom. The summed E-state index contributed by atoms with van der Waals surface area (Å²) in [6.45, 7) is 21.1. The van der Waals surface area contributed by atoms with E-state index in [-0.39, 0.29) is 20.6 Å². The van der Waals surface area contributed by atoms with Crippen molar-refractivity contribution in [3.05, 3.63) is 0 Å². The fourth-order valence-corrected chi connectivity index (χ4v) is 5.86. The van der Waals surface area contributed by atoms with Gasteiger partial charge in [0.1, 0.15) is 0 Å². The van der Waals surface area contributed by atoms with E-state index >= 15 is 0 Å². The van der Waals surface area contributed by atoms with Crippen molar-refractivity contribution in [1.29, 1.82) is 0 Å². The predicted molar refractivity (Wildman–Crippen MR) is 74.6 cm³/mol. The van der Waals surface area contributed by atoms with E-state index in [2.05, 4.69) is 78.2 Å². The Balaban J connectivity index is 5.78. The van der Waals surface area contributed by atoms with Crippen LogP contribution in [0.5, 0.6) is 0 Å². The number of halogens is 1. The number of hydrogen-bond donors (Lipinski definition) is 0. The zero-order valence-electron chi connectivity index (χ0n) is 12.1. The normalized spacial score (nSPS) is 15.6. The molecule has 0 aliphatic carbocycles. The van der Waals surface area contributed by atoms with Crippen LogP contribution in [0.3, 0.4) is 0 Å². The lowest BCUT2D eigenvalue weighted by atomic mass is 9.48. The van der Waals surface area contributed by atoms with E-state index in [4.69, 9.17) is 0 Å². The zero-order valence-corrected chi connectivity index (χ0v) is 13.7. The smallest absolute Gasteiger partial charge is 0.0267 e. The first kappa shape index (κ1) is 15.5. The van der Waals surface area contributed by atoms with Gasteiger partial charge in [-0.2, -0.15) is 0 Å². The first-order valence-corrected chi connectivity index (χ1v) is 6.79. The minimum Gasteiger partial charge on any atom is -0.0853 e. The summed E-state index contributed by atoms with van der Waals surface area (Å²) in [4.78, 5) is 0. The van der Waals surface area contributed by atoms with Crippen LogP contribution >= 0.6 is 15.9 Å². The van der Waals surface area contributed by atoms with Gasteiger partial charge in [0.2, 0.25) is 0 Å². The van der Waals surface area contributed by atoms with E-state index in [1.165, 1.54) is 6.42 Å². The molecular weight excluding hydrogens is 248 g/mol. The van der Waals surface area contributed by atoms with Crippen LogP contribution in [0, 0.1) is 16.2 Å². The lowest BCUT2D eigenvalue weighted by molar-refractivity contribution is -0.0600. The average Bonchev–Trinajstić information content (AvgIpc) is 1.76. The Kier molecular flexibility index (Phi) is 4.18. The molecule has 0 aliphatic heterocycles. The van der Waals surface area contributed by atoms with Gasteiger partial charge in [0, 0.05) is 4.32 Å². The lowest BCUT2D eigenvalue weighted by Gasteiger charge is -2.60. The van der Waals surface area contributed by atoms with Crippen molar-refractivity contribution in [2.24, 2.45) is 16.2 Å². The number of alkyl halides is 1. The maximum Gasteiger partial charge on any atom is 0.0267 e. The first-order chi connectivity index (χ1) is 6.31. The molecule has 15 heavy (non-hydrogen) atoms. The Bertz CT molecular complexity index is 171. The topological polar surface area (TPSA) is 0 Å². The molecule has 0 aromatic heterocycles. The molecule has 0 aromatic carbocycles. The van der Waals surface area contributed by atoms with Crippen molar-refractivity contribution in [3.63, 3.8) is 0 Å². The molecule has 0 radical (unpaired) electrons. The van der Waals surface area contributed by atoms with E-state index < -0.39 is 0 Å². The lowest BCUT2D eigenvalue weighted by Crippen LogP contribution is -2.56. The molecule has 0 spiro atoms. The van der Waals surface area contributed by atoms with E-state index in [0.717, 1.165) is 0 Å². The minimum atomic E-state index is 0.144. The van der Waals surface area contributed by atoms with Gasteiger partial charge in [-0.25, -0.2) is 0 Å². The van der Waals surface area contributed by atoms with Crippen molar-refractivity contribution in [2.75, 3.05) is 0 Å². The Morgan fingerprint density at radius 1 is 0.733 bits per heavy atom. The second-order valence-electron chi connectivity index (χ2n) is 7.23. The standard InChI is InChI=1S/C14H29Br/c1-10-14(11(2,3)4,12(5,6)7)13(8,9)15/h10H2,1-9H3. The molecule has 0 aromatic rings. The molecule has 0 heterocycles. The molecule has 0 bridgehead atoms. The van der Waals surface area contributed by atoms with Gasteiger partial charge in [0.25, 0.3) is 0 Å². The first-order valence-electron chi connectivity index (χ1n) is 6.00. The van der Waals surface area contributed by atoms with Crippen LogP contribution in [0.2, 0.25) is 0 Å². The summed E-state index contributed by atoms with van der Waals surface area (Å²) in [6.07, 6.45) is 1.19. The molecule has 0 saturated heterocycles. The molecule has 92 valence electrons. The molecule has 1 heteroatoms. The molecular formula is C14H29Br. The SMILES string of the molecule is CCC(C(C)(C)C)(C(C)(C)C)C(C)(C)Br. The number of hydrogen-bond acceptors (Lipinski definition) is 0. The van der Waals surface area contributed by atoms with Crippen LogP contribution < -0.4 is 0 Å². The highest BCUT2D eigenvalue weighted by Gasteiger charge is 2.56. The Morgan fingerprint density at radius 3 is 1.00 bits per heavy atom. The predicted octanol–water partition coefficient (Wildman–Crippen LogP) is 5.65. The van der Waals surface area contributed by atoms with Crippen molar-refractivity contribution in [2.45, 2.75) is 73.1 Å². The van der Waals surface area contributed by atoms with Crippen molar-refractivity contribution < 1.29 is 0 Å². The molecule has 0 atom stereocenters. The fraction of sp³-hybridized carbons (Fsp3) is 1.00. The van der Waals surface area contributed by atoms with Gasteiger partial charge in [-0.05, 0) is 36.5 Å². The summed E-state index contributed by atoms with van der Waals surface area (Å²) >= 11 is 3.93. The van der Waals surface area contributed by atoms with Gasteiger partial charge in [0.05, 0.1) is 0 Å². The van der Waals surface area contributed by atoms with Crippen molar-refractivity contribution >= 4 is 15.9 Å². The summed E-state index contributed by atoms with van der Waals surface area (Å²) in [6, 6.07) is 0. The highest BCUT2D eigenvalue weighted by atomic mass is 79.9. The molecule has 0 aliphatic rings. The monoisotopic (exact) mass is 276 g/mol. The minimum absolute atomic E-state index is 0.144. The molecule has 0 saturated carbocycles. The van der Waals surface area contributed by atoms with Gasteiger partial charge in [-0.3, -0.25) is 0 Å². The molecule has 0 nitrogen and oxygen atoms in total. The van der Waals surface area contributed by atoms with Gasteiger partial charge in [-0.1, -0.05) is 64.4 Å². The van der Waals surface area contributed by atoms with Crippen molar-refractivity contribution in [1.82, 2.24) is 0 Å². The van der Waals surface area contributed by atoms with Crippen molar-refractivity contribution in [3.8, 4) is 0 Å². The summed E-state index contributed by atoms with van der Waals surface area (Å²) in [5.41, 5.74) is 0.840. The number of rotatable bonds is 2. The largest absolute Gasteiger partial charge is 0.0853 e. The third-order valence-corrected chi connectivity index (χ3v) is 4.78. The van der Waals surface area contributed by atoms with E-state index in [1.807, 2.05) is 0 Å². The third-order valence-electron chi connectivity index (χ3n) is 4.11. The zero-order chi connectivity index (χ0) is 12.7. The summed E-state index contributed by atoms with van der Waals surface area (Å²) in [5, 5.41) is 0. The summed E-state index contributed by atoms with van der Waals surface area (Å²) in [5.74, 6) is 0. The summed E-state index contributed by atoms with van der Waals surface area (Å²) in [7, 11) is 0.